The maximum absolute atomic E-state index is 11.5. The molecule has 4 nitrogen and oxygen atoms in total. The van der Waals surface area contributed by atoms with E-state index >= 15 is 0 Å². The number of ether oxygens (including phenoxy) is 3. The fourth-order valence-corrected chi connectivity index (χ4v) is 2.82. The van der Waals surface area contributed by atoms with E-state index in [0.29, 0.717) is 6.42 Å². The van der Waals surface area contributed by atoms with Crippen LogP contribution in [0.3, 0.4) is 0 Å². The van der Waals surface area contributed by atoms with Crippen molar-refractivity contribution in [3.8, 4) is 0 Å². The van der Waals surface area contributed by atoms with E-state index in [9.17, 15) is 4.79 Å². The number of esters is 1. The lowest BCUT2D eigenvalue weighted by atomic mass is 10.00. The van der Waals surface area contributed by atoms with Gasteiger partial charge in [-0.1, -0.05) is 26.2 Å². The van der Waals surface area contributed by atoms with Gasteiger partial charge in [-0.05, 0) is 39.0 Å². The summed E-state index contributed by atoms with van der Waals surface area (Å²) in [7, 11) is 0. The van der Waals surface area contributed by atoms with Gasteiger partial charge in [0.2, 0.25) is 0 Å². The zero-order valence-electron chi connectivity index (χ0n) is 13.4. The summed E-state index contributed by atoms with van der Waals surface area (Å²) in [6.07, 6.45) is 9.42. The van der Waals surface area contributed by atoms with Crippen molar-refractivity contribution in [2.24, 2.45) is 0 Å². The average Bonchev–Trinajstić information content (AvgIpc) is 2.47. The highest BCUT2D eigenvalue weighted by atomic mass is 16.7. The summed E-state index contributed by atoms with van der Waals surface area (Å²) in [6, 6.07) is 0. The fraction of sp³-hybridized carbons (Fsp3) is 0.824. The van der Waals surface area contributed by atoms with Gasteiger partial charge in [-0.3, -0.25) is 0 Å². The molecule has 2 aliphatic rings. The van der Waals surface area contributed by atoms with Crippen LogP contribution in [0.4, 0.5) is 0 Å². The smallest absolute Gasteiger partial charge is 0.342 e. The number of rotatable bonds is 9. The maximum atomic E-state index is 11.5. The Morgan fingerprint density at radius 3 is 2.81 bits per heavy atom. The Labute approximate surface area is 127 Å². The molecular formula is C17H28O4. The third-order valence-corrected chi connectivity index (χ3v) is 4.07. The Balaban J connectivity index is 1.74. The lowest BCUT2D eigenvalue weighted by Crippen LogP contribution is -2.29. The molecule has 1 unspecified atom stereocenters. The molecule has 4 heteroatoms. The van der Waals surface area contributed by atoms with Crippen molar-refractivity contribution in [2.75, 3.05) is 6.61 Å². The highest BCUT2D eigenvalue weighted by molar-refractivity contribution is 5.95. The van der Waals surface area contributed by atoms with Crippen molar-refractivity contribution < 1.29 is 19.0 Å². The summed E-state index contributed by atoms with van der Waals surface area (Å²) in [5, 5.41) is 0. The molecule has 120 valence electrons. The number of carbonyl (C=O) groups excluding carboxylic acids is 1. The van der Waals surface area contributed by atoms with Gasteiger partial charge in [0.25, 0.3) is 0 Å². The number of hydrogen-bond acceptors (Lipinski definition) is 4. The number of carbonyl (C=O) groups is 1. The summed E-state index contributed by atoms with van der Waals surface area (Å²) in [5.41, 5.74) is 0.881. The number of unbranched alkanes of at least 4 members (excludes halogenated alkanes) is 3. The molecule has 21 heavy (non-hydrogen) atoms. The lowest BCUT2D eigenvalue weighted by molar-refractivity contribution is -0.186. The molecule has 0 aromatic heterocycles. The molecule has 1 fully saturated rings. The largest absolute Gasteiger partial charge is 0.427 e. The molecule has 0 amide bonds. The average molecular weight is 296 g/mol. The Bertz CT molecular complexity index is 369. The van der Waals surface area contributed by atoms with E-state index in [1.807, 2.05) is 6.92 Å². The van der Waals surface area contributed by atoms with E-state index in [-0.39, 0.29) is 18.4 Å². The van der Waals surface area contributed by atoms with Gasteiger partial charge in [0.05, 0.1) is 11.7 Å². The molecule has 0 aromatic carbocycles. The topological polar surface area (TPSA) is 44.8 Å². The van der Waals surface area contributed by atoms with Crippen molar-refractivity contribution in [3.05, 3.63) is 11.3 Å². The van der Waals surface area contributed by atoms with E-state index in [1.54, 1.807) is 0 Å². The van der Waals surface area contributed by atoms with Crippen LogP contribution in [-0.4, -0.2) is 25.0 Å². The van der Waals surface area contributed by atoms with Gasteiger partial charge >= 0.3 is 5.97 Å². The normalized spacial score (nSPS) is 23.7. The molecule has 0 saturated carbocycles. The first-order chi connectivity index (χ1) is 10.2. The van der Waals surface area contributed by atoms with Gasteiger partial charge in [-0.2, -0.15) is 0 Å². The van der Waals surface area contributed by atoms with Crippen molar-refractivity contribution in [2.45, 2.75) is 84.0 Å². The molecule has 2 heterocycles. The predicted molar refractivity (Wildman–Crippen MR) is 80.6 cm³/mol. The fourth-order valence-electron chi connectivity index (χ4n) is 2.82. The molecule has 2 atom stereocenters. The van der Waals surface area contributed by atoms with Gasteiger partial charge in [0.1, 0.15) is 5.76 Å². The highest BCUT2D eigenvalue weighted by Gasteiger charge is 2.31. The van der Waals surface area contributed by atoms with Gasteiger partial charge in [0.15, 0.2) is 6.29 Å². The Kier molecular flexibility index (Phi) is 6.71. The Hall–Kier alpha value is -0.870. The maximum Gasteiger partial charge on any atom is 0.342 e. The van der Waals surface area contributed by atoms with Crippen molar-refractivity contribution in [1.29, 1.82) is 0 Å². The zero-order valence-corrected chi connectivity index (χ0v) is 13.4. The molecule has 1 saturated heterocycles. The second-order valence-electron chi connectivity index (χ2n) is 6.05. The summed E-state index contributed by atoms with van der Waals surface area (Å²) < 4.78 is 16.6. The van der Waals surface area contributed by atoms with E-state index in [1.165, 1.54) is 19.3 Å². The number of cyclic esters (lactones) is 1. The second-order valence-corrected chi connectivity index (χ2v) is 6.05. The van der Waals surface area contributed by atoms with Crippen molar-refractivity contribution in [3.63, 3.8) is 0 Å². The van der Waals surface area contributed by atoms with Crippen molar-refractivity contribution >= 4 is 5.97 Å². The quantitative estimate of drug-likeness (QED) is 0.475. The van der Waals surface area contributed by atoms with Crippen LogP contribution in [0.2, 0.25) is 0 Å². The molecule has 2 aliphatic heterocycles. The number of hydrogen-bond donors (Lipinski definition) is 0. The van der Waals surface area contributed by atoms with Gasteiger partial charge in [0, 0.05) is 13.0 Å². The minimum absolute atomic E-state index is 0.0295. The second kappa shape index (κ2) is 8.54. The highest BCUT2D eigenvalue weighted by Crippen LogP contribution is 2.30. The summed E-state index contributed by atoms with van der Waals surface area (Å²) >= 11 is 0. The standard InChI is InChI=1S/C17H28O4/c1-3-4-5-6-9-14-15(21-17(14)18)12-13(2)20-16-10-7-8-11-19-16/h13,16H,3-12H2,1-2H3/t13-,16?/m1/s1. The van der Waals surface area contributed by atoms with Crippen LogP contribution in [0, 0.1) is 0 Å². The van der Waals surface area contributed by atoms with Crippen LogP contribution >= 0.6 is 0 Å². The minimum Gasteiger partial charge on any atom is -0.427 e. The SMILES string of the molecule is CCCCCCC1=C(C[C@@H](C)OC2CCCCO2)OC1=O. The summed E-state index contributed by atoms with van der Waals surface area (Å²) in [4.78, 5) is 11.5. The van der Waals surface area contributed by atoms with Crippen LogP contribution < -0.4 is 0 Å². The molecule has 2 rings (SSSR count). The zero-order chi connectivity index (χ0) is 15.1. The van der Waals surface area contributed by atoms with Crippen LogP contribution in [0.1, 0.15) is 71.6 Å². The Morgan fingerprint density at radius 2 is 2.14 bits per heavy atom. The molecule has 0 N–H and O–H groups in total. The van der Waals surface area contributed by atoms with E-state index in [0.717, 1.165) is 50.0 Å². The van der Waals surface area contributed by atoms with E-state index in [2.05, 4.69) is 6.92 Å². The van der Waals surface area contributed by atoms with Gasteiger partial charge in [-0.25, -0.2) is 4.79 Å². The van der Waals surface area contributed by atoms with Gasteiger partial charge in [-0.15, -0.1) is 0 Å². The van der Waals surface area contributed by atoms with Crippen molar-refractivity contribution in [1.82, 2.24) is 0 Å². The molecule has 0 aromatic rings. The molecule has 0 radical (unpaired) electrons. The molecule has 0 aliphatic carbocycles. The molecule has 0 bridgehead atoms. The third kappa shape index (κ3) is 5.11. The van der Waals surface area contributed by atoms with E-state index in [4.69, 9.17) is 14.2 Å². The van der Waals surface area contributed by atoms with Crippen LogP contribution in [0.15, 0.2) is 11.3 Å². The summed E-state index contributed by atoms with van der Waals surface area (Å²) in [6.45, 7) is 5.00. The Morgan fingerprint density at radius 1 is 1.29 bits per heavy atom. The summed E-state index contributed by atoms with van der Waals surface area (Å²) in [5.74, 6) is 0.697. The molecule has 0 spiro atoms. The monoisotopic (exact) mass is 296 g/mol. The lowest BCUT2D eigenvalue weighted by Gasteiger charge is -2.29. The van der Waals surface area contributed by atoms with E-state index < -0.39 is 0 Å². The van der Waals surface area contributed by atoms with Crippen LogP contribution in [0.25, 0.3) is 0 Å². The first-order valence-electron chi connectivity index (χ1n) is 8.42. The van der Waals surface area contributed by atoms with Crippen LogP contribution in [0.5, 0.6) is 0 Å². The third-order valence-electron chi connectivity index (χ3n) is 4.07. The first-order valence-corrected chi connectivity index (χ1v) is 8.42. The predicted octanol–water partition coefficient (Wildman–Crippen LogP) is 4.09. The molecular weight excluding hydrogens is 268 g/mol. The minimum atomic E-state index is -0.136. The first kappa shape index (κ1) is 16.5. The van der Waals surface area contributed by atoms with Gasteiger partial charge < -0.3 is 14.2 Å². The van der Waals surface area contributed by atoms with Crippen LogP contribution in [-0.2, 0) is 19.0 Å².